The lowest BCUT2D eigenvalue weighted by molar-refractivity contribution is -0.137. The Morgan fingerprint density at radius 3 is 2.13 bits per heavy atom. The molecule has 1 saturated heterocycles. The third-order valence-corrected chi connectivity index (χ3v) is 7.36. The van der Waals surface area contributed by atoms with E-state index in [9.17, 15) is 23.9 Å². The number of amides is 2. The number of carboxylic acids is 1. The maximum atomic E-state index is 15.4. The van der Waals surface area contributed by atoms with E-state index in [2.05, 4.69) is 46.2 Å². The summed E-state index contributed by atoms with van der Waals surface area (Å²) in [6.45, 7) is 14.4. The van der Waals surface area contributed by atoms with Crippen LogP contribution < -0.4 is 15.5 Å². The number of benzene rings is 2. The highest BCUT2D eigenvalue weighted by Crippen LogP contribution is 2.33. The quantitative estimate of drug-likeness (QED) is 0.287. The Hall–Kier alpha value is -4.38. The summed E-state index contributed by atoms with van der Waals surface area (Å²) in [5.41, 5.74) is 2.91. The number of rotatable bonds is 9. The van der Waals surface area contributed by atoms with Gasteiger partial charge in [-0.25, -0.2) is 13.8 Å². The first-order valence-electron chi connectivity index (χ1n) is 15.4. The van der Waals surface area contributed by atoms with Crippen molar-refractivity contribution in [3.8, 4) is 11.1 Å². The molecule has 1 atom stereocenters. The van der Waals surface area contributed by atoms with Gasteiger partial charge in [-0.1, -0.05) is 26.8 Å². The lowest BCUT2D eigenvalue weighted by atomic mass is 9.90. The molecule has 0 saturated carbocycles. The van der Waals surface area contributed by atoms with E-state index in [-0.39, 0.29) is 16.8 Å². The molecule has 46 heavy (non-hydrogen) atoms. The SMILES string of the molecule is CC(C)C.Cc1cc(-c2c(C)cc(F)cc2C)cc(C(CC(=O)O)NC(=O)CNC(=O)c2cccc(N3CCN(C)CC3)n2)c1F. The van der Waals surface area contributed by atoms with Crippen LogP contribution in [0.1, 0.15) is 66.0 Å². The molecule has 0 radical (unpaired) electrons. The summed E-state index contributed by atoms with van der Waals surface area (Å²) in [6.07, 6.45) is -0.588. The third-order valence-electron chi connectivity index (χ3n) is 7.36. The molecule has 2 amide bonds. The Kier molecular flexibility index (Phi) is 12.8. The van der Waals surface area contributed by atoms with E-state index in [0.717, 1.165) is 32.1 Å². The van der Waals surface area contributed by atoms with Crippen LogP contribution in [0, 0.1) is 38.3 Å². The topological polar surface area (TPSA) is 115 Å². The molecule has 1 aliphatic rings. The van der Waals surface area contributed by atoms with Gasteiger partial charge in [0.2, 0.25) is 5.91 Å². The van der Waals surface area contributed by atoms with Crippen LogP contribution in [0.4, 0.5) is 14.6 Å². The highest BCUT2D eigenvalue weighted by atomic mass is 19.1. The average molecular weight is 638 g/mol. The molecule has 11 heteroatoms. The number of likely N-dealkylation sites (N-methyl/N-ethyl adjacent to an activating group) is 1. The van der Waals surface area contributed by atoms with Gasteiger partial charge in [0.05, 0.1) is 19.0 Å². The fourth-order valence-corrected chi connectivity index (χ4v) is 5.23. The predicted molar refractivity (Wildman–Crippen MR) is 176 cm³/mol. The summed E-state index contributed by atoms with van der Waals surface area (Å²) in [5, 5.41) is 14.6. The van der Waals surface area contributed by atoms with E-state index in [1.807, 2.05) is 13.1 Å². The number of aromatic nitrogens is 1. The lowest BCUT2D eigenvalue weighted by Crippen LogP contribution is -2.45. The smallest absolute Gasteiger partial charge is 0.305 e. The van der Waals surface area contributed by atoms with Crippen LogP contribution >= 0.6 is 0 Å². The lowest BCUT2D eigenvalue weighted by Gasteiger charge is -2.33. The number of anilines is 1. The van der Waals surface area contributed by atoms with Crippen LogP contribution in [0.5, 0.6) is 0 Å². The first-order valence-corrected chi connectivity index (χ1v) is 15.4. The van der Waals surface area contributed by atoms with E-state index in [1.165, 1.54) is 18.2 Å². The van der Waals surface area contributed by atoms with Gasteiger partial charge in [0.25, 0.3) is 5.91 Å². The summed E-state index contributed by atoms with van der Waals surface area (Å²) in [7, 11) is 2.04. The second kappa shape index (κ2) is 16.3. The molecule has 4 rings (SSSR count). The van der Waals surface area contributed by atoms with Crippen LogP contribution in [0.2, 0.25) is 0 Å². The number of halogens is 2. The standard InChI is InChI=1S/C31H35F2N5O4.C4H10/c1-18-13-22(32)14-19(2)29(18)21-12-20(3)30(33)23(15-21)25(16-28(40)41)36-27(39)17-34-31(42)24-6-5-7-26(35-24)38-10-8-37(4)9-11-38;1-4(2)3/h5-7,12-15,25H,8-11,16-17H2,1-4H3,(H,34,42)(H,36,39)(H,40,41);4H,1-3H3. The largest absolute Gasteiger partial charge is 0.481 e. The zero-order chi connectivity index (χ0) is 34.1. The minimum absolute atomic E-state index is 0.0169. The van der Waals surface area contributed by atoms with Crippen molar-refractivity contribution in [2.45, 2.75) is 54.0 Å². The minimum atomic E-state index is -1.24. The van der Waals surface area contributed by atoms with Crippen molar-refractivity contribution in [3.05, 3.63) is 82.0 Å². The van der Waals surface area contributed by atoms with E-state index in [1.54, 1.807) is 39.0 Å². The minimum Gasteiger partial charge on any atom is -0.481 e. The zero-order valence-corrected chi connectivity index (χ0v) is 27.7. The van der Waals surface area contributed by atoms with Crippen LogP contribution in [0.25, 0.3) is 11.1 Å². The normalized spacial score (nSPS) is 13.9. The molecule has 0 spiro atoms. The van der Waals surface area contributed by atoms with Crippen molar-refractivity contribution < 1.29 is 28.3 Å². The van der Waals surface area contributed by atoms with Crippen molar-refractivity contribution in [2.24, 2.45) is 5.92 Å². The molecule has 9 nitrogen and oxygen atoms in total. The molecule has 0 bridgehead atoms. The number of nitrogens with zero attached hydrogens (tertiary/aromatic N) is 3. The zero-order valence-electron chi connectivity index (χ0n) is 27.7. The van der Waals surface area contributed by atoms with E-state index < -0.39 is 48.4 Å². The molecule has 248 valence electrons. The van der Waals surface area contributed by atoms with Gasteiger partial charge in [-0.2, -0.15) is 0 Å². The number of aryl methyl sites for hydroxylation is 3. The van der Waals surface area contributed by atoms with Crippen molar-refractivity contribution in [2.75, 3.05) is 44.7 Å². The Balaban J connectivity index is 0.00000136. The molecule has 3 aromatic rings. The van der Waals surface area contributed by atoms with Gasteiger partial charge in [0, 0.05) is 31.7 Å². The number of carbonyl (C=O) groups excluding carboxylic acids is 2. The third kappa shape index (κ3) is 10.1. The highest BCUT2D eigenvalue weighted by molar-refractivity contribution is 5.95. The summed E-state index contributed by atoms with van der Waals surface area (Å²) >= 11 is 0. The van der Waals surface area contributed by atoms with Crippen LogP contribution in [0.15, 0.2) is 42.5 Å². The van der Waals surface area contributed by atoms with Gasteiger partial charge < -0.3 is 25.5 Å². The molecule has 0 aliphatic carbocycles. The second-order valence-electron chi connectivity index (χ2n) is 12.4. The maximum absolute atomic E-state index is 15.4. The number of carboxylic acid groups (broad SMARTS) is 1. The molecule has 1 aromatic heterocycles. The molecule has 2 aromatic carbocycles. The number of aliphatic carboxylic acids is 1. The Morgan fingerprint density at radius 2 is 1.54 bits per heavy atom. The van der Waals surface area contributed by atoms with E-state index >= 15 is 4.39 Å². The van der Waals surface area contributed by atoms with Gasteiger partial charge in [0.1, 0.15) is 23.1 Å². The highest BCUT2D eigenvalue weighted by Gasteiger charge is 2.25. The van der Waals surface area contributed by atoms with Gasteiger partial charge >= 0.3 is 5.97 Å². The molecule has 2 heterocycles. The number of nitrogens with one attached hydrogen (secondary N) is 2. The Bertz CT molecular complexity index is 1530. The fourth-order valence-electron chi connectivity index (χ4n) is 5.23. The van der Waals surface area contributed by atoms with E-state index in [4.69, 9.17) is 0 Å². The van der Waals surface area contributed by atoms with Gasteiger partial charge in [0.15, 0.2) is 0 Å². The maximum Gasteiger partial charge on any atom is 0.305 e. The summed E-state index contributed by atoms with van der Waals surface area (Å²) in [6, 6.07) is 9.70. The Labute approximate surface area is 270 Å². The number of pyridine rings is 1. The van der Waals surface area contributed by atoms with Gasteiger partial charge in [-0.05, 0) is 98.0 Å². The molecular weight excluding hydrogens is 592 g/mol. The number of piperazine rings is 1. The number of hydrogen-bond acceptors (Lipinski definition) is 6. The number of hydrogen-bond donors (Lipinski definition) is 3. The summed E-state index contributed by atoms with van der Waals surface area (Å²) in [4.78, 5) is 46.1. The van der Waals surface area contributed by atoms with Crippen molar-refractivity contribution in [1.29, 1.82) is 0 Å². The summed E-state index contributed by atoms with van der Waals surface area (Å²) in [5.74, 6) is -2.06. The van der Waals surface area contributed by atoms with Crippen LogP contribution in [-0.4, -0.2) is 72.5 Å². The first-order chi connectivity index (χ1) is 21.7. The van der Waals surface area contributed by atoms with Crippen LogP contribution in [-0.2, 0) is 9.59 Å². The van der Waals surface area contributed by atoms with Crippen molar-refractivity contribution >= 4 is 23.6 Å². The summed E-state index contributed by atoms with van der Waals surface area (Å²) < 4.78 is 29.3. The molecule has 1 fully saturated rings. The number of carbonyl (C=O) groups is 3. The average Bonchev–Trinajstić information content (AvgIpc) is 2.96. The monoisotopic (exact) mass is 637 g/mol. The van der Waals surface area contributed by atoms with Crippen molar-refractivity contribution in [3.63, 3.8) is 0 Å². The van der Waals surface area contributed by atoms with Gasteiger partial charge in [-0.3, -0.25) is 14.4 Å². The van der Waals surface area contributed by atoms with E-state index in [0.29, 0.717) is 28.1 Å². The van der Waals surface area contributed by atoms with Gasteiger partial charge in [-0.15, -0.1) is 0 Å². The second-order valence-corrected chi connectivity index (χ2v) is 12.4. The first kappa shape index (κ1) is 36.1. The Morgan fingerprint density at radius 1 is 0.935 bits per heavy atom. The van der Waals surface area contributed by atoms with Crippen molar-refractivity contribution in [1.82, 2.24) is 20.5 Å². The predicted octanol–water partition coefficient (Wildman–Crippen LogP) is 5.43. The molecule has 3 N–H and O–H groups in total. The van der Waals surface area contributed by atoms with Crippen LogP contribution in [0.3, 0.4) is 0 Å². The molecule has 1 aliphatic heterocycles. The fraction of sp³-hybridized carbons (Fsp3) is 0.429. The molecular formula is C35H45F2N5O4. The molecule has 1 unspecified atom stereocenters.